The maximum absolute atomic E-state index is 13.5. The monoisotopic (exact) mass is 406 g/mol. The second-order valence-electron chi connectivity index (χ2n) is 8.46. The lowest BCUT2D eigenvalue weighted by Gasteiger charge is -2.27. The van der Waals surface area contributed by atoms with Gasteiger partial charge in [0.25, 0.3) is 5.91 Å². The van der Waals surface area contributed by atoms with Crippen LogP contribution in [0.1, 0.15) is 34.6 Å². The fourth-order valence-electron chi connectivity index (χ4n) is 4.79. The number of carbonyl (C=O) groups is 1. The number of pyridine rings is 1. The van der Waals surface area contributed by atoms with E-state index in [1.165, 1.54) is 0 Å². The summed E-state index contributed by atoms with van der Waals surface area (Å²) in [4.78, 5) is 19.8. The van der Waals surface area contributed by atoms with E-state index in [0.29, 0.717) is 5.69 Å². The molecular weight excluding hydrogens is 384 g/mol. The fourth-order valence-corrected chi connectivity index (χ4v) is 4.79. The van der Waals surface area contributed by atoms with Gasteiger partial charge >= 0.3 is 0 Å². The Kier molecular flexibility index (Phi) is 3.72. The molecule has 0 radical (unpaired) electrons. The first-order chi connectivity index (χ1) is 15.1. The van der Waals surface area contributed by atoms with Gasteiger partial charge in [-0.1, -0.05) is 48.5 Å². The van der Waals surface area contributed by atoms with Crippen LogP contribution in [0.15, 0.2) is 72.9 Å². The lowest BCUT2D eigenvalue weighted by molar-refractivity contribution is 0.0704. The van der Waals surface area contributed by atoms with Crippen molar-refractivity contribution in [3.63, 3.8) is 0 Å². The van der Waals surface area contributed by atoms with Gasteiger partial charge in [-0.05, 0) is 43.5 Å². The standard InChI is InChI=1S/C26H22N4O/c1-17-20(9-6-14-27-17)19-10-11-21-23(15-19)30-24(25(31)29(2)26(21)12-13-26)16-22(28-30)18-7-4-3-5-8-18/h3-11,14-16H,12-13H2,1-2H3. The summed E-state index contributed by atoms with van der Waals surface area (Å²) in [5.74, 6) is 0.0162. The van der Waals surface area contributed by atoms with Crippen molar-refractivity contribution in [2.24, 2.45) is 0 Å². The lowest BCUT2D eigenvalue weighted by atomic mass is 9.96. The molecule has 0 bridgehead atoms. The van der Waals surface area contributed by atoms with Crippen LogP contribution in [0.25, 0.3) is 28.1 Å². The molecule has 1 spiro atoms. The average molecular weight is 406 g/mol. The van der Waals surface area contributed by atoms with Gasteiger partial charge < -0.3 is 4.90 Å². The average Bonchev–Trinajstić information content (AvgIpc) is 3.50. The van der Waals surface area contributed by atoms with E-state index in [2.05, 4.69) is 29.2 Å². The van der Waals surface area contributed by atoms with Gasteiger partial charge in [-0.25, -0.2) is 4.68 Å². The normalized spacial score (nSPS) is 16.1. The second kappa shape index (κ2) is 6.38. The third kappa shape index (κ3) is 2.59. The van der Waals surface area contributed by atoms with Crippen LogP contribution in [0.5, 0.6) is 0 Å². The quantitative estimate of drug-likeness (QED) is 0.472. The van der Waals surface area contributed by atoms with Crippen molar-refractivity contribution in [2.75, 3.05) is 7.05 Å². The van der Waals surface area contributed by atoms with E-state index in [9.17, 15) is 4.79 Å². The van der Waals surface area contributed by atoms with E-state index in [0.717, 1.165) is 52.2 Å². The maximum Gasteiger partial charge on any atom is 0.273 e. The highest BCUT2D eigenvalue weighted by Crippen LogP contribution is 2.54. The Hall–Kier alpha value is -3.73. The zero-order chi connectivity index (χ0) is 21.2. The third-order valence-corrected chi connectivity index (χ3v) is 6.71. The molecule has 1 aliphatic carbocycles. The Balaban J connectivity index is 1.61. The zero-order valence-corrected chi connectivity index (χ0v) is 17.5. The predicted molar refractivity (Wildman–Crippen MR) is 120 cm³/mol. The molecular formula is C26H22N4O. The summed E-state index contributed by atoms with van der Waals surface area (Å²) in [5, 5.41) is 4.91. The number of amides is 1. The van der Waals surface area contributed by atoms with Crippen LogP contribution in [0.2, 0.25) is 0 Å². The number of nitrogens with zero attached hydrogens (tertiary/aromatic N) is 4. The molecule has 0 N–H and O–H groups in total. The van der Waals surface area contributed by atoms with E-state index in [-0.39, 0.29) is 11.4 Å². The molecule has 2 aliphatic rings. The molecule has 1 amide bonds. The molecule has 0 unspecified atom stereocenters. The number of hydrogen-bond donors (Lipinski definition) is 0. The summed E-state index contributed by atoms with van der Waals surface area (Å²) in [7, 11) is 1.92. The Morgan fingerprint density at radius 2 is 1.74 bits per heavy atom. The van der Waals surface area contributed by atoms with Crippen LogP contribution in [-0.4, -0.2) is 32.6 Å². The number of fused-ring (bicyclic) bond motifs is 4. The van der Waals surface area contributed by atoms with Gasteiger partial charge in [-0.2, -0.15) is 5.10 Å². The van der Waals surface area contributed by atoms with Crippen molar-refractivity contribution < 1.29 is 4.79 Å². The predicted octanol–water partition coefficient (Wildman–Crippen LogP) is 4.98. The topological polar surface area (TPSA) is 51.0 Å². The van der Waals surface area contributed by atoms with Crippen LogP contribution >= 0.6 is 0 Å². The van der Waals surface area contributed by atoms with Gasteiger partial charge in [0.1, 0.15) is 5.69 Å². The Morgan fingerprint density at radius 1 is 0.935 bits per heavy atom. The fraction of sp³-hybridized carbons (Fsp3) is 0.192. The largest absolute Gasteiger partial charge is 0.331 e. The van der Waals surface area contributed by atoms with Crippen molar-refractivity contribution in [1.29, 1.82) is 0 Å². The van der Waals surface area contributed by atoms with E-state index < -0.39 is 0 Å². The van der Waals surface area contributed by atoms with Crippen molar-refractivity contribution in [2.45, 2.75) is 25.3 Å². The van der Waals surface area contributed by atoms with Crippen LogP contribution in [0.3, 0.4) is 0 Å². The molecule has 0 saturated heterocycles. The van der Waals surface area contributed by atoms with Gasteiger partial charge in [-0.3, -0.25) is 9.78 Å². The first-order valence-corrected chi connectivity index (χ1v) is 10.6. The van der Waals surface area contributed by atoms with E-state index >= 15 is 0 Å². The molecule has 0 atom stereocenters. The van der Waals surface area contributed by atoms with Crippen LogP contribution < -0.4 is 0 Å². The summed E-state index contributed by atoms with van der Waals surface area (Å²) < 4.78 is 1.85. The van der Waals surface area contributed by atoms with Crippen molar-refractivity contribution in [3.8, 4) is 28.1 Å². The number of hydrogen-bond acceptors (Lipinski definition) is 3. The number of aryl methyl sites for hydroxylation is 1. The van der Waals surface area contributed by atoms with Crippen molar-refractivity contribution in [3.05, 3.63) is 89.9 Å². The maximum atomic E-state index is 13.5. The molecule has 1 aliphatic heterocycles. The molecule has 4 aromatic rings. The summed E-state index contributed by atoms with van der Waals surface area (Å²) in [6, 6.07) is 22.5. The van der Waals surface area contributed by atoms with E-state index in [4.69, 9.17) is 5.10 Å². The summed E-state index contributed by atoms with van der Waals surface area (Å²) in [6.45, 7) is 2.02. The Labute approximate surface area is 181 Å². The highest BCUT2D eigenvalue weighted by atomic mass is 16.2. The number of aromatic nitrogens is 3. The molecule has 5 nitrogen and oxygen atoms in total. The molecule has 5 heteroatoms. The second-order valence-corrected chi connectivity index (χ2v) is 8.46. The van der Waals surface area contributed by atoms with Gasteiger partial charge in [0, 0.05) is 35.6 Å². The van der Waals surface area contributed by atoms with E-state index in [1.54, 1.807) is 0 Å². The van der Waals surface area contributed by atoms with E-state index in [1.807, 2.05) is 72.2 Å². The highest BCUT2D eigenvalue weighted by Gasteiger charge is 2.53. The van der Waals surface area contributed by atoms with Crippen LogP contribution in [0.4, 0.5) is 0 Å². The third-order valence-electron chi connectivity index (χ3n) is 6.71. The smallest absolute Gasteiger partial charge is 0.273 e. The van der Waals surface area contributed by atoms with Gasteiger partial charge in [0.05, 0.1) is 16.9 Å². The first-order valence-electron chi connectivity index (χ1n) is 10.6. The molecule has 31 heavy (non-hydrogen) atoms. The molecule has 3 heterocycles. The van der Waals surface area contributed by atoms with Gasteiger partial charge in [0.15, 0.2) is 0 Å². The number of benzene rings is 2. The first kappa shape index (κ1) is 18.1. The number of rotatable bonds is 2. The molecule has 6 rings (SSSR count). The molecule has 2 aromatic carbocycles. The van der Waals surface area contributed by atoms with Gasteiger partial charge in [-0.15, -0.1) is 0 Å². The summed E-state index contributed by atoms with van der Waals surface area (Å²) in [5.41, 5.74) is 7.47. The molecule has 152 valence electrons. The molecule has 1 saturated carbocycles. The lowest BCUT2D eigenvalue weighted by Crippen LogP contribution is -2.36. The SMILES string of the molecule is Cc1ncccc1-c1ccc2c(c1)-n1nc(-c3ccccc3)cc1C(=O)N(C)C21CC1. The molecule has 2 aromatic heterocycles. The van der Waals surface area contributed by atoms with Crippen molar-refractivity contribution >= 4 is 5.91 Å². The summed E-state index contributed by atoms with van der Waals surface area (Å²) >= 11 is 0. The Bertz CT molecular complexity index is 1330. The molecule has 1 fully saturated rings. The highest BCUT2D eigenvalue weighted by molar-refractivity contribution is 5.96. The summed E-state index contributed by atoms with van der Waals surface area (Å²) in [6.07, 6.45) is 3.76. The van der Waals surface area contributed by atoms with Crippen molar-refractivity contribution in [1.82, 2.24) is 19.7 Å². The minimum Gasteiger partial charge on any atom is -0.331 e. The van der Waals surface area contributed by atoms with Crippen LogP contribution in [-0.2, 0) is 5.54 Å². The minimum atomic E-state index is -0.234. The Morgan fingerprint density at radius 3 is 2.48 bits per heavy atom. The van der Waals surface area contributed by atoms with Gasteiger partial charge in [0.2, 0.25) is 0 Å². The van der Waals surface area contributed by atoms with Crippen LogP contribution in [0, 0.1) is 6.92 Å². The zero-order valence-electron chi connectivity index (χ0n) is 17.5. The minimum absolute atomic E-state index is 0.0162. The number of carbonyl (C=O) groups excluding carboxylic acids is 1.